The lowest BCUT2D eigenvalue weighted by Crippen LogP contribution is -2.08. The van der Waals surface area contributed by atoms with Crippen LogP contribution in [0.3, 0.4) is 0 Å². The van der Waals surface area contributed by atoms with Crippen LogP contribution >= 0.6 is 0 Å². The van der Waals surface area contributed by atoms with Gasteiger partial charge >= 0.3 is 0 Å². The molecule has 0 bridgehead atoms. The molecule has 3 aromatic rings. The minimum atomic E-state index is -0.557. The minimum absolute atomic E-state index is 0.0808. The van der Waals surface area contributed by atoms with Gasteiger partial charge in [0.2, 0.25) is 0 Å². The van der Waals surface area contributed by atoms with Crippen molar-refractivity contribution in [2.24, 2.45) is 0 Å². The van der Waals surface area contributed by atoms with Gasteiger partial charge in [0.1, 0.15) is 5.82 Å². The van der Waals surface area contributed by atoms with Crippen molar-refractivity contribution in [1.29, 1.82) is 0 Å². The molecule has 0 amide bonds. The fourth-order valence-electron chi connectivity index (χ4n) is 2.50. The first-order valence-electron chi connectivity index (χ1n) is 6.70. The molecule has 2 nitrogen and oxygen atoms in total. The second-order valence-corrected chi connectivity index (χ2v) is 4.94. The van der Waals surface area contributed by atoms with Gasteiger partial charge in [0.25, 0.3) is 0 Å². The van der Waals surface area contributed by atoms with Gasteiger partial charge < -0.3 is 5.73 Å². The van der Waals surface area contributed by atoms with Crippen molar-refractivity contribution in [3.05, 3.63) is 77.6 Å². The summed E-state index contributed by atoms with van der Waals surface area (Å²) in [6.07, 6.45) is 0.203. The van der Waals surface area contributed by atoms with Gasteiger partial charge in [-0.3, -0.25) is 4.79 Å². The third-order valence-corrected chi connectivity index (χ3v) is 3.58. The molecule has 0 atom stereocenters. The molecule has 3 heteroatoms. The van der Waals surface area contributed by atoms with E-state index in [0.29, 0.717) is 0 Å². The summed E-state index contributed by atoms with van der Waals surface area (Å²) in [6, 6.07) is 18.0. The summed E-state index contributed by atoms with van der Waals surface area (Å²) in [5.74, 6) is -0.734. The fourth-order valence-corrected chi connectivity index (χ4v) is 2.50. The maximum Gasteiger partial charge on any atom is 0.169 e. The molecule has 0 saturated heterocycles. The van der Waals surface area contributed by atoms with E-state index in [9.17, 15) is 9.18 Å². The Morgan fingerprint density at radius 1 is 0.952 bits per heavy atom. The number of carbonyl (C=O) groups is 1. The van der Waals surface area contributed by atoms with Crippen LogP contribution in [0.25, 0.3) is 10.8 Å². The number of rotatable bonds is 3. The lowest BCUT2D eigenvalue weighted by molar-refractivity contribution is 0.0994. The van der Waals surface area contributed by atoms with Crippen molar-refractivity contribution in [2.75, 3.05) is 5.73 Å². The third kappa shape index (κ3) is 2.50. The van der Waals surface area contributed by atoms with Crippen LogP contribution in [0.4, 0.5) is 10.1 Å². The number of nitrogen functional groups attached to an aromatic ring is 1. The molecular weight excluding hydrogens is 265 g/mol. The Kier molecular flexibility index (Phi) is 3.40. The summed E-state index contributed by atoms with van der Waals surface area (Å²) in [6.45, 7) is 0. The number of hydrogen-bond acceptors (Lipinski definition) is 2. The Morgan fingerprint density at radius 3 is 2.52 bits per heavy atom. The second-order valence-electron chi connectivity index (χ2n) is 4.94. The van der Waals surface area contributed by atoms with Gasteiger partial charge in [0.15, 0.2) is 5.78 Å². The van der Waals surface area contributed by atoms with Crippen LogP contribution in [-0.2, 0) is 6.42 Å². The van der Waals surface area contributed by atoms with Crippen LogP contribution in [0, 0.1) is 5.82 Å². The molecule has 0 aliphatic rings. The molecule has 21 heavy (non-hydrogen) atoms. The van der Waals surface area contributed by atoms with E-state index in [-0.39, 0.29) is 23.5 Å². The molecular formula is C18H14FNO. The van der Waals surface area contributed by atoms with Crippen molar-refractivity contribution in [1.82, 2.24) is 0 Å². The Hall–Kier alpha value is -2.68. The highest BCUT2D eigenvalue weighted by Gasteiger charge is 2.14. The molecule has 104 valence electrons. The van der Waals surface area contributed by atoms with Crippen LogP contribution in [-0.4, -0.2) is 5.78 Å². The number of hydrogen-bond donors (Lipinski definition) is 1. The van der Waals surface area contributed by atoms with E-state index < -0.39 is 5.82 Å². The molecule has 3 rings (SSSR count). The SMILES string of the molecule is Nc1c(F)cccc1C(=O)Cc1cccc2ccccc12. The molecule has 0 aromatic heterocycles. The van der Waals surface area contributed by atoms with Gasteiger partial charge in [-0.2, -0.15) is 0 Å². The van der Waals surface area contributed by atoms with E-state index in [1.54, 1.807) is 6.07 Å². The van der Waals surface area contributed by atoms with E-state index in [1.807, 2.05) is 42.5 Å². The highest BCUT2D eigenvalue weighted by Crippen LogP contribution is 2.22. The van der Waals surface area contributed by atoms with Crippen molar-refractivity contribution >= 4 is 22.2 Å². The van der Waals surface area contributed by atoms with Crippen molar-refractivity contribution < 1.29 is 9.18 Å². The summed E-state index contributed by atoms with van der Waals surface area (Å²) in [5, 5.41) is 2.11. The number of benzene rings is 3. The van der Waals surface area contributed by atoms with Crippen LogP contribution in [0.15, 0.2) is 60.7 Å². The van der Waals surface area contributed by atoms with Gasteiger partial charge in [-0.15, -0.1) is 0 Å². The second kappa shape index (κ2) is 5.37. The van der Waals surface area contributed by atoms with Gasteiger partial charge in [0.05, 0.1) is 5.69 Å². The fraction of sp³-hybridized carbons (Fsp3) is 0.0556. The molecule has 0 aliphatic heterocycles. The van der Waals surface area contributed by atoms with Gasteiger partial charge in [-0.25, -0.2) is 4.39 Å². The summed E-state index contributed by atoms with van der Waals surface area (Å²) in [5.41, 5.74) is 6.73. The largest absolute Gasteiger partial charge is 0.396 e. The van der Waals surface area contributed by atoms with Crippen LogP contribution in [0.5, 0.6) is 0 Å². The highest BCUT2D eigenvalue weighted by molar-refractivity contribution is 6.03. The van der Waals surface area contributed by atoms with Crippen LogP contribution < -0.4 is 5.73 Å². The van der Waals surface area contributed by atoms with E-state index >= 15 is 0 Å². The van der Waals surface area contributed by atoms with Crippen molar-refractivity contribution in [2.45, 2.75) is 6.42 Å². The average Bonchev–Trinajstić information content (AvgIpc) is 2.50. The standard InChI is InChI=1S/C18H14FNO/c19-16-10-4-9-15(18(16)20)17(21)11-13-7-3-6-12-5-1-2-8-14(12)13/h1-10H,11,20H2. The first kappa shape index (κ1) is 13.3. The number of para-hydroxylation sites is 1. The van der Waals surface area contributed by atoms with Gasteiger partial charge in [-0.05, 0) is 28.5 Å². The number of carbonyl (C=O) groups excluding carboxylic acids is 1. The van der Waals surface area contributed by atoms with E-state index in [4.69, 9.17) is 5.73 Å². The summed E-state index contributed by atoms with van der Waals surface area (Å²) >= 11 is 0. The molecule has 0 radical (unpaired) electrons. The monoisotopic (exact) mass is 279 g/mol. The lowest BCUT2D eigenvalue weighted by Gasteiger charge is -2.08. The van der Waals surface area contributed by atoms with E-state index in [0.717, 1.165) is 16.3 Å². The molecule has 0 saturated carbocycles. The maximum absolute atomic E-state index is 13.5. The molecule has 0 heterocycles. The minimum Gasteiger partial charge on any atom is -0.396 e. The smallest absolute Gasteiger partial charge is 0.169 e. The van der Waals surface area contributed by atoms with Crippen molar-refractivity contribution in [3.63, 3.8) is 0 Å². The number of Topliss-reactive ketones (excluding diaryl/α,β-unsaturated/α-hetero) is 1. The molecule has 2 N–H and O–H groups in total. The molecule has 3 aromatic carbocycles. The van der Waals surface area contributed by atoms with Crippen molar-refractivity contribution in [3.8, 4) is 0 Å². The van der Waals surface area contributed by atoms with Gasteiger partial charge in [-0.1, -0.05) is 48.5 Å². The van der Waals surface area contributed by atoms with Crippen LogP contribution in [0.2, 0.25) is 0 Å². The Balaban J connectivity index is 1.99. The molecule has 0 aliphatic carbocycles. The zero-order chi connectivity index (χ0) is 14.8. The predicted molar refractivity (Wildman–Crippen MR) is 82.8 cm³/mol. The topological polar surface area (TPSA) is 43.1 Å². The lowest BCUT2D eigenvalue weighted by atomic mass is 9.97. The first-order valence-corrected chi connectivity index (χ1v) is 6.70. The van der Waals surface area contributed by atoms with Gasteiger partial charge in [0, 0.05) is 12.0 Å². The number of nitrogens with two attached hydrogens (primary N) is 1. The number of anilines is 1. The zero-order valence-electron chi connectivity index (χ0n) is 11.3. The summed E-state index contributed by atoms with van der Waals surface area (Å²) in [4.78, 5) is 12.4. The maximum atomic E-state index is 13.5. The van der Waals surface area contributed by atoms with E-state index in [1.165, 1.54) is 12.1 Å². The van der Waals surface area contributed by atoms with Crippen LogP contribution in [0.1, 0.15) is 15.9 Å². The van der Waals surface area contributed by atoms with E-state index in [2.05, 4.69) is 0 Å². The normalized spacial score (nSPS) is 10.7. The average molecular weight is 279 g/mol. The molecule has 0 unspecified atom stereocenters. The number of fused-ring (bicyclic) bond motifs is 1. The molecule has 0 spiro atoms. The Bertz CT molecular complexity index is 821. The number of ketones is 1. The number of halogens is 1. The third-order valence-electron chi connectivity index (χ3n) is 3.58. The Labute approximate surface area is 122 Å². The highest BCUT2D eigenvalue weighted by atomic mass is 19.1. The predicted octanol–water partition coefficient (Wildman–Crippen LogP) is 3.99. The first-order chi connectivity index (χ1) is 10.2. The Morgan fingerprint density at radius 2 is 1.67 bits per heavy atom. The quantitative estimate of drug-likeness (QED) is 0.582. The summed E-state index contributed by atoms with van der Waals surface area (Å²) in [7, 11) is 0. The molecule has 0 fully saturated rings. The summed E-state index contributed by atoms with van der Waals surface area (Å²) < 4.78 is 13.5. The zero-order valence-corrected chi connectivity index (χ0v) is 11.3.